The van der Waals surface area contributed by atoms with Crippen LogP contribution >= 0.6 is 11.6 Å². The van der Waals surface area contributed by atoms with Crippen molar-refractivity contribution in [3.63, 3.8) is 0 Å². The van der Waals surface area contributed by atoms with Crippen LogP contribution in [0, 0.1) is 6.92 Å². The van der Waals surface area contributed by atoms with Crippen LogP contribution in [0.15, 0.2) is 42.5 Å². The molecule has 0 radical (unpaired) electrons. The third kappa shape index (κ3) is 5.56. The second kappa shape index (κ2) is 7.85. The minimum Gasteiger partial charge on any atom is -0.489 e. The van der Waals surface area contributed by atoms with Gasteiger partial charge in [-0.15, -0.1) is 0 Å². The summed E-state index contributed by atoms with van der Waals surface area (Å²) < 4.78 is 6.02. The second-order valence-corrected chi connectivity index (χ2v) is 7.05. The van der Waals surface area contributed by atoms with Crippen molar-refractivity contribution in [3.05, 3.63) is 64.2 Å². The molecule has 1 N–H and O–H groups in total. The monoisotopic (exact) mass is 331 g/mol. The predicted molar refractivity (Wildman–Crippen MR) is 98.2 cm³/mol. The first-order valence-electron chi connectivity index (χ1n) is 8.11. The summed E-state index contributed by atoms with van der Waals surface area (Å²) in [7, 11) is 0. The summed E-state index contributed by atoms with van der Waals surface area (Å²) in [5, 5.41) is 4.29. The van der Waals surface area contributed by atoms with Crippen molar-refractivity contribution in [3.8, 4) is 5.75 Å². The summed E-state index contributed by atoms with van der Waals surface area (Å²) in [5.41, 5.74) is 3.60. The summed E-state index contributed by atoms with van der Waals surface area (Å²) in [4.78, 5) is 0. The first-order valence-corrected chi connectivity index (χ1v) is 8.49. The molecule has 0 spiro atoms. The van der Waals surface area contributed by atoms with Crippen LogP contribution in [-0.2, 0) is 13.2 Å². The lowest BCUT2D eigenvalue weighted by Crippen LogP contribution is -2.37. The lowest BCUT2D eigenvalue weighted by molar-refractivity contribution is 0.298. The molecular formula is C20H26ClNO. The van der Waals surface area contributed by atoms with Crippen molar-refractivity contribution in [1.82, 2.24) is 5.32 Å². The van der Waals surface area contributed by atoms with Gasteiger partial charge in [0.2, 0.25) is 0 Å². The Hall–Kier alpha value is -1.51. The van der Waals surface area contributed by atoms with Gasteiger partial charge >= 0.3 is 0 Å². The molecule has 23 heavy (non-hydrogen) atoms. The van der Waals surface area contributed by atoms with E-state index in [1.807, 2.05) is 18.2 Å². The molecule has 0 atom stereocenters. The molecule has 0 saturated carbocycles. The molecule has 2 aromatic rings. The van der Waals surface area contributed by atoms with Crippen molar-refractivity contribution in [2.75, 3.05) is 0 Å². The minimum atomic E-state index is 0.0938. The van der Waals surface area contributed by atoms with E-state index < -0.39 is 0 Å². The number of nitrogens with one attached hydrogen (secondary N) is 1. The third-order valence-electron chi connectivity index (χ3n) is 4.18. The molecule has 0 aromatic heterocycles. The highest BCUT2D eigenvalue weighted by molar-refractivity contribution is 6.30. The summed E-state index contributed by atoms with van der Waals surface area (Å²) >= 11 is 6.15. The molecule has 0 unspecified atom stereocenters. The maximum atomic E-state index is 6.15. The van der Waals surface area contributed by atoms with Gasteiger partial charge in [-0.1, -0.05) is 48.4 Å². The fourth-order valence-corrected chi connectivity index (χ4v) is 2.33. The normalized spacial score (nSPS) is 11.5. The summed E-state index contributed by atoms with van der Waals surface area (Å²) in [6, 6.07) is 14.2. The Morgan fingerprint density at radius 1 is 1.09 bits per heavy atom. The summed E-state index contributed by atoms with van der Waals surface area (Å²) in [6.07, 6.45) is 1.06. The SMILES string of the molecule is CCC(C)(C)NCc1cc(Cl)ccc1OCc1ccc(C)cc1. The van der Waals surface area contributed by atoms with Crippen LogP contribution in [0.5, 0.6) is 5.75 Å². The van der Waals surface area contributed by atoms with Gasteiger partial charge in [0.25, 0.3) is 0 Å². The number of rotatable bonds is 7. The van der Waals surface area contributed by atoms with Gasteiger partial charge in [0, 0.05) is 22.7 Å². The Morgan fingerprint density at radius 3 is 2.43 bits per heavy atom. The van der Waals surface area contributed by atoms with Crippen molar-refractivity contribution < 1.29 is 4.74 Å². The van der Waals surface area contributed by atoms with Gasteiger partial charge in [-0.2, -0.15) is 0 Å². The molecule has 0 aliphatic rings. The Morgan fingerprint density at radius 2 is 1.78 bits per heavy atom. The van der Waals surface area contributed by atoms with E-state index in [1.54, 1.807) is 0 Å². The zero-order valence-corrected chi connectivity index (χ0v) is 15.2. The maximum Gasteiger partial charge on any atom is 0.124 e. The van der Waals surface area contributed by atoms with Gasteiger partial charge in [-0.05, 0) is 51.0 Å². The van der Waals surface area contributed by atoms with E-state index in [2.05, 4.69) is 57.3 Å². The van der Waals surface area contributed by atoms with Crippen molar-refractivity contribution >= 4 is 11.6 Å². The van der Waals surface area contributed by atoms with Gasteiger partial charge < -0.3 is 10.1 Å². The molecule has 0 heterocycles. The molecule has 0 bridgehead atoms. The molecule has 124 valence electrons. The Kier molecular flexibility index (Phi) is 6.09. The standard InChI is InChI=1S/C20H26ClNO/c1-5-20(3,4)22-13-17-12-18(21)10-11-19(17)23-14-16-8-6-15(2)7-9-16/h6-12,22H,5,13-14H2,1-4H3. The van der Waals surface area contributed by atoms with Crippen molar-refractivity contribution in [2.45, 2.75) is 52.8 Å². The van der Waals surface area contributed by atoms with Crippen molar-refractivity contribution in [1.29, 1.82) is 0 Å². The molecule has 0 fully saturated rings. The van der Waals surface area contributed by atoms with Crippen molar-refractivity contribution in [2.24, 2.45) is 0 Å². The Labute approximate surface area is 144 Å². The zero-order chi connectivity index (χ0) is 16.9. The van der Waals surface area contributed by atoms with Crippen LogP contribution in [0.1, 0.15) is 43.9 Å². The van der Waals surface area contributed by atoms with E-state index in [1.165, 1.54) is 11.1 Å². The van der Waals surface area contributed by atoms with E-state index in [0.29, 0.717) is 6.61 Å². The van der Waals surface area contributed by atoms with Gasteiger partial charge in [-0.25, -0.2) is 0 Å². The van der Waals surface area contributed by atoms with Gasteiger partial charge in [-0.3, -0.25) is 0 Å². The second-order valence-electron chi connectivity index (χ2n) is 6.62. The lowest BCUT2D eigenvalue weighted by atomic mass is 10.0. The summed E-state index contributed by atoms with van der Waals surface area (Å²) in [6.45, 7) is 9.97. The molecule has 2 rings (SSSR count). The number of aryl methyl sites for hydroxylation is 1. The lowest BCUT2D eigenvalue weighted by Gasteiger charge is -2.25. The Balaban J connectivity index is 2.07. The predicted octanol–water partition coefficient (Wildman–Crippen LogP) is 5.51. The van der Waals surface area contributed by atoms with E-state index in [9.17, 15) is 0 Å². The number of hydrogen-bond acceptors (Lipinski definition) is 2. The molecule has 2 aromatic carbocycles. The zero-order valence-electron chi connectivity index (χ0n) is 14.4. The molecule has 0 aliphatic heterocycles. The Bertz CT molecular complexity index is 635. The topological polar surface area (TPSA) is 21.3 Å². The van der Waals surface area contributed by atoms with Crippen LogP contribution in [0.3, 0.4) is 0 Å². The average Bonchev–Trinajstić information content (AvgIpc) is 2.53. The average molecular weight is 332 g/mol. The van der Waals surface area contributed by atoms with Gasteiger partial charge in [0.15, 0.2) is 0 Å². The van der Waals surface area contributed by atoms with Gasteiger partial charge in [0.05, 0.1) is 0 Å². The minimum absolute atomic E-state index is 0.0938. The fraction of sp³-hybridized carbons (Fsp3) is 0.400. The highest BCUT2D eigenvalue weighted by Gasteiger charge is 2.15. The highest BCUT2D eigenvalue weighted by Crippen LogP contribution is 2.25. The molecule has 0 aliphatic carbocycles. The summed E-state index contributed by atoms with van der Waals surface area (Å²) in [5.74, 6) is 0.884. The quantitative estimate of drug-likeness (QED) is 0.722. The van der Waals surface area contributed by atoms with Gasteiger partial charge in [0.1, 0.15) is 12.4 Å². The molecule has 0 saturated heterocycles. The molecular weight excluding hydrogens is 306 g/mol. The van der Waals surface area contributed by atoms with Crippen LogP contribution in [0.2, 0.25) is 5.02 Å². The van der Waals surface area contributed by atoms with Crippen LogP contribution in [-0.4, -0.2) is 5.54 Å². The highest BCUT2D eigenvalue weighted by atomic mass is 35.5. The van der Waals surface area contributed by atoms with Crippen LogP contribution in [0.25, 0.3) is 0 Å². The van der Waals surface area contributed by atoms with E-state index in [-0.39, 0.29) is 5.54 Å². The largest absolute Gasteiger partial charge is 0.489 e. The number of benzene rings is 2. The van der Waals surface area contributed by atoms with E-state index in [0.717, 1.165) is 29.3 Å². The fourth-order valence-electron chi connectivity index (χ4n) is 2.13. The van der Waals surface area contributed by atoms with E-state index >= 15 is 0 Å². The third-order valence-corrected chi connectivity index (χ3v) is 4.41. The van der Waals surface area contributed by atoms with E-state index in [4.69, 9.17) is 16.3 Å². The molecule has 0 amide bonds. The first kappa shape index (κ1) is 17.8. The first-order chi connectivity index (χ1) is 10.9. The number of halogens is 1. The smallest absolute Gasteiger partial charge is 0.124 e. The van der Waals surface area contributed by atoms with Crippen LogP contribution < -0.4 is 10.1 Å². The molecule has 3 heteroatoms. The number of hydrogen-bond donors (Lipinski definition) is 1. The number of ether oxygens (including phenoxy) is 1. The molecule has 2 nitrogen and oxygen atoms in total. The van der Waals surface area contributed by atoms with Crippen LogP contribution in [0.4, 0.5) is 0 Å². The maximum absolute atomic E-state index is 6.15.